The molecule has 0 bridgehead atoms. The summed E-state index contributed by atoms with van der Waals surface area (Å²) in [6.45, 7) is 0. The van der Waals surface area contributed by atoms with Crippen LogP contribution in [0.25, 0.3) is 0 Å². The molecule has 1 aliphatic rings. The zero-order valence-corrected chi connectivity index (χ0v) is 12.4. The fourth-order valence-electron chi connectivity index (χ4n) is 2.61. The Morgan fingerprint density at radius 1 is 1.40 bits per heavy atom. The molecular formula is C15H15ClN2OS. The van der Waals surface area contributed by atoms with E-state index in [9.17, 15) is 4.79 Å². The molecule has 2 aromatic rings. The number of carbonyl (C=O) groups is 1. The molecule has 0 spiro atoms. The molecule has 1 atom stereocenters. The summed E-state index contributed by atoms with van der Waals surface area (Å²) in [7, 11) is 0. The summed E-state index contributed by atoms with van der Waals surface area (Å²) in [5.41, 5.74) is 8.03. The Labute approximate surface area is 126 Å². The summed E-state index contributed by atoms with van der Waals surface area (Å²) >= 11 is 7.83. The lowest BCUT2D eigenvalue weighted by atomic mass is 9.87. The number of rotatable bonds is 2. The molecule has 1 unspecified atom stereocenters. The van der Waals surface area contributed by atoms with Crippen LogP contribution in [0.1, 0.15) is 29.2 Å². The molecule has 1 heterocycles. The van der Waals surface area contributed by atoms with E-state index in [2.05, 4.69) is 16.8 Å². The number of hydrogen-bond acceptors (Lipinski definition) is 3. The first kappa shape index (κ1) is 13.5. The molecule has 20 heavy (non-hydrogen) atoms. The first-order chi connectivity index (χ1) is 9.65. The number of nitrogen functional groups attached to an aromatic ring is 1. The van der Waals surface area contributed by atoms with E-state index in [1.54, 1.807) is 29.5 Å². The van der Waals surface area contributed by atoms with Crippen molar-refractivity contribution in [1.29, 1.82) is 0 Å². The van der Waals surface area contributed by atoms with E-state index in [1.807, 2.05) is 0 Å². The number of fused-ring (bicyclic) bond motifs is 1. The average molecular weight is 307 g/mol. The molecule has 1 amide bonds. The van der Waals surface area contributed by atoms with Gasteiger partial charge in [-0.15, -0.1) is 11.3 Å². The van der Waals surface area contributed by atoms with Crippen LogP contribution in [0.2, 0.25) is 5.02 Å². The highest BCUT2D eigenvalue weighted by atomic mass is 35.5. The number of nitrogens with two attached hydrogens (primary N) is 1. The van der Waals surface area contributed by atoms with Crippen molar-refractivity contribution in [1.82, 2.24) is 0 Å². The van der Waals surface area contributed by atoms with Gasteiger partial charge in [-0.3, -0.25) is 4.79 Å². The minimum atomic E-state index is -0.0707. The number of aryl methyl sites for hydroxylation is 1. The van der Waals surface area contributed by atoms with Gasteiger partial charge in [0.15, 0.2) is 0 Å². The summed E-state index contributed by atoms with van der Waals surface area (Å²) in [5.74, 6) is -0.0605. The number of nitrogens with one attached hydrogen (secondary N) is 1. The molecule has 0 saturated heterocycles. The van der Waals surface area contributed by atoms with Gasteiger partial charge in [0.1, 0.15) is 0 Å². The van der Waals surface area contributed by atoms with E-state index in [0.29, 0.717) is 16.4 Å². The number of hydrogen-bond donors (Lipinski definition) is 2. The average Bonchev–Trinajstić information content (AvgIpc) is 2.90. The molecule has 1 aromatic carbocycles. The van der Waals surface area contributed by atoms with Gasteiger partial charge in [-0.05, 0) is 54.5 Å². The number of anilines is 2. The van der Waals surface area contributed by atoms with Gasteiger partial charge in [0.2, 0.25) is 5.91 Å². The highest BCUT2D eigenvalue weighted by molar-refractivity contribution is 7.10. The Morgan fingerprint density at radius 3 is 3.05 bits per heavy atom. The summed E-state index contributed by atoms with van der Waals surface area (Å²) in [6.07, 6.45) is 3.03. The molecule has 3 nitrogen and oxygen atoms in total. The highest BCUT2D eigenvalue weighted by Crippen LogP contribution is 2.36. The maximum atomic E-state index is 12.5. The molecule has 0 saturated carbocycles. The van der Waals surface area contributed by atoms with Gasteiger partial charge in [0.25, 0.3) is 0 Å². The molecule has 0 radical (unpaired) electrons. The minimum absolute atomic E-state index is 0.0102. The molecular weight excluding hydrogens is 292 g/mol. The van der Waals surface area contributed by atoms with Gasteiger partial charge >= 0.3 is 0 Å². The molecule has 0 aliphatic heterocycles. The third-order valence-electron chi connectivity index (χ3n) is 3.62. The fraction of sp³-hybridized carbons (Fsp3) is 0.267. The van der Waals surface area contributed by atoms with Gasteiger partial charge in [0.05, 0.1) is 16.6 Å². The van der Waals surface area contributed by atoms with Crippen LogP contribution in [0, 0.1) is 0 Å². The summed E-state index contributed by atoms with van der Waals surface area (Å²) < 4.78 is 0. The van der Waals surface area contributed by atoms with Crippen LogP contribution in [0.5, 0.6) is 0 Å². The Kier molecular flexibility index (Phi) is 3.68. The number of benzene rings is 1. The molecule has 3 rings (SSSR count). The normalized spacial score (nSPS) is 17.6. The van der Waals surface area contributed by atoms with Gasteiger partial charge in [-0.1, -0.05) is 11.6 Å². The maximum Gasteiger partial charge on any atom is 0.231 e. The van der Waals surface area contributed by atoms with Crippen molar-refractivity contribution in [2.45, 2.75) is 25.2 Å². The lowest BCUT2D eigenvalue weighted by molar-refractivity contribution is -0.117. The number of thiophene rings is 1. The van der Waals surface area contributed by atoms with Gasteiger partial charge in [-0.2, -0.15) is 0 Å². The molecule has 1 aromatic heterocycles. The van der Waals surface area contributed by atoms with E-state index in [1.165, 1.54) is 10.4 Å². The Balaban J connectivity index is 1.81. The van der Waals surface area contributed by atoms with Crippen molar-refractivity contribution < 1.29 is 4.79 Å². The predicted octanol–water partition coefficient (Wildman–Crippen LogP) is 4.04. The second-order valence-electron chi connectivity index (χ2n) is 4.97. The molecule has 5 heteroatoms. The quantitative estimate of drug-likeness (QED) is 0.823. The zero-order valence-electron chi connectivity index (χ0n) is 10.9. The Hall–Kier alpha value is -1.52. The second kappa shape index (κ2) is 5.46. The largest absolute Gasteiger partial charge is 0.399 e. The van der Waals surface area contributed by atoms with Crippen molar-refractivity contribution >= 4 is 40.2 Å². The number of carbonyl (C=O) groups excluding carboxylic acids is 1. The fourth-order valence-corrected chi connectivity index (χ4v) is 3.84. The second-order valence-corrected chi connectivity index (χ2v) is 6.38. The molecule has 1 aliphatic carbocycles. The monoisotopic (exact) mass is 306 g/mol. The number of halogens is 1. The van der Waals surface area contributed by atoms with E-state index in [0.717, 1.165) is 19.3 Å². The standard InChI is InChI=1S/C15H15ClN2OS/c16-12-8-9(17)4-5-13(12)18-15(19)11-2-1-3-14-10(11)6-7-20-14/h4-8,11H,1-3,17H2,(H,18,19). The third-order valence-corrected chi connectivity index (χ3v) is 4.93. The summed E-state index contributed by atoms with van der Waals surface area (Å²) in [6, 6.07) is 7.19. The van der Waals surface area contributed by atoms with Crippen LogP contribution >= 0.6 is 22.9 Å². The van der Waals surface area contributed by atoms with Gasteiger partial charge < -0.3 is 11.1 Å². The Bertz CT molecular complexity index is 653. The SMILES string of the molecule is Nc1ccc(NC(=O)C2CCCc3sccc32)c(Cl)c1. The smallest absolute Gasteiger partial charge is 0.231 e. The van der Waals surface area contributed by atoms with Crippen molar-refractivity contribution in [2.24, 2.45) is 0 Å². The summed E-state index contributed by atoms with van der Waals surface area (Å²) in [4.78, 5) is 13.8. The van der Waals surface area contributed by atoms with Crippen molar-refractivity contribution in [3.63, 3.8) is 0 Å². The van der Waals surface area contributed by atoms with Crippen LogP contribution in [0.4, 0.5) is 11.4 Å². The minimum Gasteiger partial charge on any atom is -0.399 e. The third kappa shape index (κ3) is 2.53. The van der Waals surface area contributed by atoms with Crippen LogP contribution in [-0.4, -0.2) is 5.91 Å². The lowest BCUT2D eigenvalue weighted by Gasteiger charge is -2.22. The highest BCUT2D eigenvalue weighted by Gasteiger charge is 2.27. The van der Waals surface area contributed by atoms with E-state index in [4.69, 9.17) is 17.3 Å². The van der Waals surface area contributed by atoms with Crippen LogP contribution in [0.3, 0.4) is 0 Å². The van der Waals surface area contributed by atoms with Crippen molar-refractivity contribution in [3.8, 4) is 0 Å². The molecule has 0 fully saturated rings. The lowest BCUT2D eigenvalue weighted by Crippen LogP contribution is -2.24. The Morgan fingerprint density at radius 2 is 2.25 bits per heavy atom. The van der Waals surface area contributed by atoms with E-state index >= 15 is 0 Å². The summed E-state index contributed by atoms with van der Waals surface area (Å²) in [5, 5.41) is 5.45. The molecule has 104 valence electrons. The van der Waals surface area contributed by atoms with E-state index < -0.39 is 0 Å². The molecule has 3 N–H and O–H groups in total. The van der Waals surface area contributed by atoms with Crippen molar-refractivity contribution in [2.75, 3.05) is 11.1 Å². The van der Waals surface area contributed by atoms with Crippen LogP contribution in [0.15, 0.2) is 29.6 Å². The van der Waals surface area contributed by atoms with Gasteiger partial charge in [-0.25, -0.2) is 0 Å². The van der Waals surface area contributed by atoms with Crippen LogP contribution in [-0.2, 0) is 11.2 Å². The maximum absolute atomic E-state index is 12.5. The predicted molar refractivity (Wildman–Crippen MR) is 84.5 cm³/mol. The van der Waals surface area contributed by atoms with E-state index in [-0.39, 0.29) is 11.8 Å². The zero-order chi connectivity index (χ0) is 14.1. The number of amides is 1. The van der Waals surface area contributed by atoms with Crippen LogP contribution < -0.4 is 11.1 Å². The van der Waals surface area contributed by atoms with Gasteiger partial charge in [0, 0.05) is 10.6 Å². The van der Waals surface area contributed by atoms with Crippen molar-refractivity contribution in [3.05, 3.63) is 45.1 Å². The first-order valence-corrected chi connectivity index (χ1v) is 7.83. The topological polar surface area (TPSA) is 55.1 Å². The first-order valence-electron chi connectivity index (χ1n) is 6.57.